The van der Waals surface area contributed by atoms with Crippen LogP contribution in [0.15, 0.2) is 48.5 Å². The Labute approximate surface area is 149 Å². The monoisotopic (exact) mass is 342 g/mol. The van der Waals surface area contributed by atoms with Gasteiger partial charge in [-0.15, -0.1) is 0 Å². The Kier molecular flexibility index (Phi) is 7.79. The average Bonchev–Trinajstić information content (AvgIpc) is 2.63. The SMILES string of the molecule is COc1ccc(CNCCCNC(C)=O)cc1OCc1ccccc1. The maximum absolute atomic E-state index is 10.8. The first-order chi connectivity index (χ1) is 12.2. The Morgan fingerprint density at radius 2 is 1.80 bits per heavy atom. The summed E-state index contributed by atoms with van der Waals surface area (Å²) in [6.45, 7) is 4.31. The molecule has 5 nitrogen and oxygen atoms in total. The molecule has 0 atom stereocenters. The van der Waals surface area contributed by atoms with Crippen LogP contribution >= 0.6 is 0 Å². The second kappa shape index (κ2) is 10.4. The fourth-order valence-corrected chi connectivity index (χ4v) is 2.39. The van der Waals surface area contributed by atoms with E-state index in [4.69, 9.17) is 9.47 Å². The van der Waals surface area contributed by atoms with Crippen LogP contribution in [-0.4, -0.2) is 26.1 Å². The maximum atomic E-state index is 10.8. The van der Waals surface area contributed by atoms with Crippen LogP contribution in [0.5, 0.6) is 11.5 Å². The van der Waals surface area contributed by atoms with Gasteiger partial charge in [0, 0.05) is 20.0 Å². The van der Waals surface area contributed by atoms with Crippen molar-refractivity contribution in [1.82, 2.24) is 10.6 Å². The number of methoxy groups -OCH3 is 1. The molecule has 2 N–H and O–H groups in total. The first kappa shape index (κ1) is 18.8. The number of carbonyl (C=O) groups excluding carboxylic acids is 1. The predicted molar refractivity (Wildman–Crippen MR) is 98.8 cm³/mol. The van der Waals surface area contributed by atoms with Gasteiger partial charge in [0.05, 0.1) is 7.11 Å². The summed E-state index contributed by atoms with van der Waals surface area (Å²) in [5, 5.41) is 6.15. The minimum Gasteiger partial charge on any atom is -0.493 e. The first-order valence-corrected chi connectivity index (χ1v) is 8.48. The third kappa shape index (κ3) is 6.85. The Balaban J connectivity index is 1.84. The van der Waals surface area contributed by atoms with Crippen LogP contribution in [0.4, 0.5) is 0 Å². The average molecular weight is 342 g/mol. The Hall–Kier alpha value is -2.53. The summed E-state index contributed by atoms with van der Waals surface area (Å²) >= 11 is 0. The molecule has 0 aliphatic carbocycles. The van der Waals surface area contributed by atoms with Crippen molar-refractivity contribution in [3.63, 3.8) is 0 Å². The Morgan fingerprint density at radius 1 is 1.00 bits per heavy atom. The first-order valence-electron chi connectivity index (χ1n) is 8.48. The number of ether oxygens (including phenoxy) is 2. The standard InChI is InChI=1S/C20H26N2O3/c1-16(23)22-12-6-11-21-14-18-9-10-19(24-2)20(13-18)25-15-17-7-4-3-5-8-17/h3-5,7-10,13,21H,6,11-12,14-15H2,1-2H3,(H,22,23). The van der Waals surface area contributed by atoms with Crippen molar-refractivity contribution in [3.8, 4) is 11.5 Å². The predicted octanol–water partition coefficient (Wildman–Crippen LogP) is 2.89. The lowest BCUT2D eigenvalue weighted by atomic mass is 10.2. The van der Waals surface area contributed by atoms with E-state index < -0.39 is 0 Å². The highest BCUT2D eigenvalue weighted by molar-refractivity contribution is 5.72. The molecule has 0 aliphatic heterocycles. The Bertz CT molecular complexity index is 659. The fraction of sp³-hybridized carbons (Fsp3) is 0.350. The molecule has 25 heavy (non-hydrogen) atoms. The number of nitrogens with one attached hydrogen (secondary N) is 2. The molecule has 2 aromatic rings. The van der Waals surface area contributed by atoms with E-state index in [2.05, 4.69) is 10.6 Å². The van der Waals surface area contributed by atoms with E-state index in [1.54, 1.807) is 7.11 Å². The molecule has 0 spiro atoms. The van der Waals surface area contributed by atoms with Crippen LogP contribution in [0.25, 0.3) is 0 Å². The highest BCUT2D eigenvalue weighted by Crippen LogP contribution is 2.28. The van der Waals surface area contributed by atoms with Crippen LogP contribution in [0.2, 0.25) is 0 Å². The molecule has 2 aromatic carbocycles. The van der Waals surface area contributed by atoms with Crippen LogP contribution in [0, 0.1) is 0 Å². The van der Waals surface area contributed by atoms with Gasteiger partial charge in [-0.05, 0) is 36.2 Å². The summed E-state index contributed by atoms with van der Waals surface area (Å²) in [5.74, 6) is 1.48. The molecule has 0 unspecified atom stereocenters. The van der Waals surface area contributed by atoms with Crippen LogP contribution in [0.1, 0.15) is 24.5 Å². The van der Waals surface area contributed by atoms with Gasteiger partial charge in [0.25, 0.3) is 0 Å². The summed E-state index contributed by atoms with van der Waals surface area (Å²) in [6, 6.07) is 16.0. The number of benzene rings is 2. The van der Waals surface area contributed by atoms with Gasteiger partial charge in [0.15, 0.2) is 11.5 Å². The minimum atomic E-state index is 0.00959. The van der Waals surface area contributed by atoms with Crippen molar-refractivity contribution in [3.05, 3.63) is 59.7 Å². The number of carbonyl (C=O) groups is 1. The third-order valence-corrected chi connectivity index (χ3v) is 3.70. The largest absolute Gasteiger partial charge is 0.493 e. The minimum absolute atomic E-state index is 0.00959. The summed E-state index contributed by atoms with van der Waals surface area (Å²) in [4.78, 5) is 10.8. The second-order valence-electron chi connectivity index (χ2n) is 5.77. The molecular weight excluding hydrogens is 316 g/mol. The van der Waals surface area contributed by atoms with Gasteiger partial charge in [-0.2, -0.15) is 0 Å². The van der Waals surface area contributed by atoms with Gasteiger partial charge in [0.2, 0.25) is 5.91 Å². The van der Waals surface area contributed by atoms with Crippen LogP contribution < -0.4 is 20.1 Å². The molecule has 0 radical (unpaired) electrons. The third-order valence-electron chi connectivity index (χ3n) is 3.70. The summed E-state index contributed by atoms with van der Waals surface area (Å²) in [6.07, 6.45) is 0.896. The molecule has 134 valence electrons. The maximum Gasteiger partial charge on any atom is 0.216 e. The molecule has 0 aromatic heterocycles. The van der Waals surface area contributed by atoms with Crippen molar-refractivity contribution >= 4 is 5.91 Å². The molecule has 0 heterocycles. The van der Waals surface area contributed by atoms with Gasteiger partial charge in [-0.1, -0.05) is 36.4 Å². The van der Waals surface area contributed by atoms with E-state index >= 15 is 0 Å². The molecule has 0 bridgehead atoms. The second-order valence-corrected chi connectivity index (χ2v) is 5.77. The lowest BCUT2D eigenvalue weighted by molar-refractivity contribution is -0.118. The Morgan fingerprint density at radius 3 is 2.52 bits per heavy atom. The van der Waals surface area contributed by atoms with Crippen molar-refractivity contribution in [2.75, 3.05) is 20.2 Å². The van der Waals surface area contributed by atoms with E-state index in [0.29, 0.717) is 13.2 Å². The topological polar surface area (TPSA) is 59.6 Å². The zero-order valence-electron chi connectivity index (χ0n) is 14.9. The highest BCUT2D eigenvalue weighted by Gasteiger charge is 2.06. The lowest BCUT2D eigenvalue weighted by Gasteiger charge is -2.13. The zero-order chi connectivity index (χ0) is 17.9. The lowest BCUT2D eigenvalue weighted by Crippen LogP contribution is -2.24. The van der Waals surface area contributed by atoms with E-state index in [-0.39, 0.29) is 5.91 Å². The number of amides is 1. The smallest absolute Gasteiger partial charge is 0.216 e. The normalized spacial score (nSPS) is 10.3. The number of hydrogen-bond acceptors (Lipinski definition) is 4. The zero-order valence-corrected chi connectivity index (χ0v) is 14.9. The van der Waals surface area contributed by atoms with Gasteiger partial charge in [0.1, 0.15) is 6.61 Å². The van der Waals surface area contributed by atoms with Crippen molar-refractivity contribution in [1.29, 1.82) is 0 Å². The van der Waals surface area contributed by atoms with Crippen molar-refractivity contribution in [2.24, 2.45) is 0 Å². The van der Waals surface area contributed by atoms with Gasteiger partial charge < -0.3 is 20.1 Å². The van der Waals surface area contributed by atoms with Gasteiger partial charge in [-0.3, -0.25) is 4.79 Å². The summed E-state index contributed by atoms with van der Waals surface area (Å²) < 4.78 is 11.3. The summed E-state index contributed by atoms with van der Waals surface area (Å²) in [7, 11) is 1.64. The summed E-state index contributed by atoms with van der Waals surface area (Å²) in [5.41, 5.74) is 2.24. The highest BCUT2D eigenvalue weighted by atomic mass is 16.5. The molecule has 2 rings (SSSR count). The van der Waals surface area contributed by atoms with E-state index in [9.17, 15) is 4.79 Å². The van der Waals surface area contributed by atoms with Crippen molar-refractivity contribution < 1.29 is 14.3 Å². The molecule has 0 saturated heterocycles. The van der Waals surface area contributed by atoms with E-state index in [1.165, 1.54) is 6.92 Å². The molecule has 1 amide bonds. The number of hydrogen-bond donors (Lipinski definition) is 2. The van der Waals surface area contributed by atoms with Gasteiger partial charge in [-0.25, -0.2) is 0 Å². The quantitative estimate of drug-likeness (QED) is 0.652. The van der Waals surface area contributed by atoms with Crippen molar-refractivity contribution in [2.45, 2.75) is 26.5 Å². The molecular formula is C20H26N2O3. The van der Waals surface area contributed by atoms with E-state index in [0.717, 1.165) is 42.1 Å². The molecule has 0 saturated carbocycles. The molecule has 0 aliphatic rings. The van der Waals surface area contributed by atoms with E-state index in [1.807, 2.05) is 48.5 Å². The number of rotatable bonds is 10. The van der Waals surface area contributed by atoms with Crippen LogP contribution in [-0.2, 0) is 17.9 Å². The van der Waals surface area contributed by atoms with Gasteiger partial charge >= 0.3 is 0 Å². The molecule has 5 heteroatoms. The van der Waals surface area contributed by atoms with Crippen LogP contribution in [0.3, 0.4) is 0 Å². The fourth-order valence-electron chi connectivity index (χ4n) is 2.39. The molecule has 0 fully saturated rings.